The Balaban J connectivity index is 0.807. The summed E-state index contributed by atoms with van der Waals surface area (Å²) in [4.78, 5) is 134. The SMILES string of the molecule is O=C(NCCNCCN1C(=O)c2cc3ccccc3cc2C1=O)c1cc(C(=O)NCCNCCN2C(=O)c3cccc4cc([N+](=O)[O-])cc(c34)C2=O)cc(N2C(=O)c3cccc4cc([N+](=O)[O-])cc(c34)C2=O)c1. The molecule has 7 aromatic rings. The number of carbonyl (C=O) groups is 8. The number of nitrogens with zero attached hydrogens (tertiary/aromatic N) is 5. The van der Waals surface area contributed by atoms with Crippen LogP contribution in [0.2, 0.25) is 0 Å². The van der Waals surface area contributed by atoms with Crippen LogP contribution in [0.1, 0.15) is 82.9 Å². The van der Waals surface area contributed by atoms with E-state index in [4.69, 9.17) is 0 Å². The van der Waals surface area contributed by atoms with E-state index >= 15 is 0 Å². The van der Waals surface area contributed by atoms with Crippen LogP contribution in [0.15, 0.2) is 115 Å². The molecule has 3 heterocycles. The molecule has 10 rings (SSSR count). The predicted octanol–water partition coefficient (Wildman–Crippen LogP) is 4.99. The van der Waals surface area contributed by atoms with E-state index in [9.17, 15) is 58.6 Å². The van der Waals surface area contributed by atoms with Crippen molar-refractivity contribution >= 4 is 96.6 Å². The van der Waals surface area contributed by atoms with E-state index in [2.05, 4.69) is 21.3 Å². The third-order valence-electron chi connectivity index (χ3n) is 12.9. The molecule has 0 spiro atoms. The number of imide groups is 3. The molecule has 0 radical (unpaired) electrons. The zero-order valence-electron chi connectivity index (χ0n) is 38.3. The van der Waals surface area contributed by atoms with Gasteiger partial charge < -0.3 is 21.3 Å². The fourth-order valence-electron chi connectivity index (χ4n) is 9.43. The van der Waals surface area contributed by atoms with Crippen molar-refractivity contribution in [1.29, 1.82) is 0 Å². The number of amides is 8. The topological polar surface area (TPSA) is 281 Å². The summed E-state index contributed by atoms with van der Waals surface area (Å²) < 4.78 is 0. The van der Waals surface area contributed by atoms with Gasteiger partial charge in [0.05, 0.1) is 37.8 Å². The van der Waals surface area contributed by atoms with Gasteiger partial charge in [0.25, 0.3) is 58.6 Å². The van der Waals surface area contributed by atoms with E-state index in [0.29, 0.717) is 27.3 Å². The molecule has 21 heteroatoms. The Hall–Kier alpha value is -9.60. The van der Waals surface area contributed by atoms with Crippen molar-refractivity contribution in [1.82, 2.24) is 31.1 Å². The molecular formula is C52H39N9O12. The van der Waals surface area contributed by atoms with E-state index in [1.165, 1.54) is 48.5 Å². The predicted molar refractivity (Wildman–Crippen MR) is 264 cm³/mol. The molecule has 3 aliphatic rings. The highest BCUT2D eigenvalue weighted by atomic mass is 16.6. The number of benzene rings is 7. The van der Waals surface area contributed by atoms with Gasteiger partial charge in [0, 0.05) is 110 Å². The van der Waals surface area contributed by atoms with Crippen molar-refractivity contribution in [3.63, 3.8) is 0 Å². The van der Waals surface area contributed by atoms with Crippen LogP contribution in [-0.2, 0) is 0 Å². The Morgan fingerprint density at radius 3 is 1.32 bits per heavy atom. The average Bonchev–Trinajstić information content (AvgIpc) is 3.62. The maximum Gasteiger partial charge on any atom is 0.270 e. The number of non-ortho nitro benzene ring substituents is 2. The maximum atomic E-state index is 14.2. The van der Waals surface area contributed by atoms with Gasteiger partial charge in [-0.25, -0.2) is 4.90 Å². The lowest BCUT2D eigenvalue weighted by Gasteiger charge is -2.28. The smallest absolute Gasteiger partial charge is 0.270 e. The van der Waals surface area contributed by atoms with Gasteiger partial charge in [-0.2, -0.15) is 0 Å². The lowest BCUT2D eigenvalue weighted by atomic mass is 9.92. The number of fused-ring (bicyclic) bond motifs is 2. The normalized spacial score (nSPS) is 13.9. The van der Waals surface area contributed by atoms with E-state index in [0.717, 1.165) is 37.6 Å². The minimum absolute atomic E-state index is 0.0232. The van der Waals surface area contributed by atoms with Gasteiger partial charge in [0.15, 0.2) is 0 Å². The minimum atomic E-state index is -0.926. The van der Waals surface area contributed by atoms with Crippen molar-refractivity contribution in [3.8, 4) is 0 Å². The standard InChI is InChI=1S/C52H39N9O12/c62-45(55-13-11-53-15-17-57-47(64)37-9-3-7-30-20-35(60(70)71)26-41(43(30)37)50(57)67)32-19-33(23-34(22-32)59-51(68)38-10-4-8-31-21-36(61(72)73)27-42(44(31)38)52(59)69)46(63)56-14-12-54-16-18-58-48(65)39-24-28-5-1-2-6-29(28)25-40(39)49(58)66/h1-10,19-27,53-54H,11-18H2,(H,55,62)(H,56,63). The largest absolute Gasteiger partial charge is 0.351 e. The highest BCUT2D eigenvalue weighted by Gasteiger charge is 2.38. The minimum Gasteiger partial charge on any atom is -0.351 e. The third-order valence-corrected chi connectivity index (χ3v) is 12.9. The van der Waals surface area contributed by atoms with Gasteiger partial charge in [0.1, 0.15) is 0 Å². The van der Waals surface area contributed by atoms with Crippen LogP contribution in [0, 0.1) is 20.2 Å². The fourth-order valence-corrected chi connectivity index (χ4v) is 9.43. The Kier molecular flexibility index (Phi) is 12.2. The number of nitro benzene ring substituents is 2. The lowest BCUT2D eigenvalue weighted by molar-refractivity contribution is -0.384. The molecule has 7 aromatic carbocycles. The molecule has 3 aliphatic heterocycles. The second-order valence-electron chi connectivity index (χ2n) is 17.3. The van der Waals surface area contributed by atoms with Gasteiger partial charge in [-0.3, -0.25) is 68.4 Å². The molecule has 0 aromatic heterocycles. The molecule has 0 bridgehead atoms. The average molecular weight is 982 g/mol. The van der Waals surface area contributed by atoms with Gasteiger partial charge in [0.2, 0.25) is 0 Å². The number of hydrogen-bond acceptors (Lipinski definition) is 14. The molecule has 8 amide bonds. The summed E-state index contributed by atoms with van der Waals surface area (Å²) in [7, 11) is 0. The van der Waals surface area contributed by atoms with E-state index in [-0.39, 0.29) is 102 Å². The summed E-state index contributed by atoms with van der Waals surface area (Å²) in [6.07, 6.45) is 0. The van der Waals surface area contributed by atoms with Crippen LogP contribution in [-0.4, -0.2) is 119 Å². The molecule has 0 saturated carbocycles. The van der Waals surface area contributed by atoms with E-state index < -0.39 is 62.8 Å². The number of rotatable bonds is 17. The number of hydrogen-bond donors (Lipinski definition) is 4. The van der Waals surface area contributed by atoms with Gasteiger partial charge in [-0.05, 0) is 64.0 Å². The first-order valence-corrected chi connectivity index (χ1v) is 22.9. The second-order valence-corrected chi connectivity index (χ2v) is 17.3. The molecule has 4 N–H and O–H groups in total. The first-order chi connectivity index (χ1) is 35.2. The maximum absolute atomic E-state index is 14.2. The Morgan fingerprint density at radius 1 is 0.425 bits per heavy atom. The van der Waals surface area contributed by atoms with Crippen molar-refractivity contribution < 1.29 is 48.2 Å². The van der Waals surface area contributed by atoms with E-state index in [1.54, 1.807) is 30.3 Å². The molecule has 21 nitrogen and oxygen atoms in total. The van der Waals surface area contributed by atoms with Crippen molar-refractivity contribution in [2.75, 3.05) is 57.3 Å². The van der Waals surface area contributed by atoms with Crippen LogP contribution in [0.4, 0.5) is 17.1 Å². The number of carbonyl (C=O) groups excluding carboxylic acids is 8. The van der Waals surface area contributed by atoms with Crippen LogP contribution in [0.5, 0.6) is 0 Å². The van der Waals surface area contributed by atoms with Crippen LogP contribution >= 0.6 is 0 Å². The van der Waals surface area contributed by atoms with Gasteiger partial charge >= 0.3 is 0 Å². The third kappa shape index (κ3) is 8.53. The molecule has 0 saturated heterocycles. The molecular weight excluding hydrogens is 943 g/mol. The molecule has 0 atom stereocenters. The number of anilines is 1. The molecule has 0 aliphatic carbocycles. The highest BCUT2D eigenvalue weighted by molar-refractivity contribution is 6.36. The molecule has 364 valence electrons. The Morgan fingerprint density at radius 2 is 0.836 bits per heavy atom. The summed E-state index contributed by atoms with van der Waals surface area (Å²) in [5.74, 6) is -5.23. The zero-order valence-corrected chi connectivity index (χ0v) is 38.3. The second kappa shape index (κ2) is 19.0. The summed E-state index contributed by atoms with van der Waals surface area (Å²) in [6.45, 7) is 0.541. The first kappa shape index (κ1) is 47.1. The van der Waals surface area contributed by atoms with E-state index in [1.807, 2.05) is 24.3 Å². The van der Waals surface area contributed by atoms with Crippen molar-refractivity contribution in [3.05, 3.63) is 180 Å². The van der Waals surface area contributed by atoms with Gasteiger partial charge in [-0.1, -0.05) is 48.5 Å². The Labute approximate surface area is 412 Å². The monoisotopic (exact) mass is 981 g/mol. The highest BCUT2D eigenvalue weighted by Crippen LogP contribution is 2.37. The summed E-state index contributed by atoms with van der Waals surface area (Å²) in [6, 6.07) is 28.5. The lowest BCUT2D eigenvalue weighted by Crippen LogP contribution is -2.44. The van der Waals surface area contributed by atoms with Crippen LogP contribution in [0.25, 0.3) is 32.3 Å². The zero-order chi connectivity index (χ0) is 51.2. The molecule has 73 heavy (non-hydrogen) atoms. The summed E-state index contributed by atoms with van der Waals surface area (Å²) in [5.41, 5.74) is -0.296. The van der Waals surface area contributed by atoms with Gasteiger partial charge in [-0.15, -0.1) is 0 Å². The Bertz CT molecular complexity index is 3600. The first-order valence-electron chi connectivity index (χ1n) is 22.9. The summed E-state index contributed by atoms with van der Waals surface area (Å²) in [5, 5.41) is 37.9. The molecule has 0 fully saturated rings. The van der Waals surface area contributed by atoms with Crippen LogP contribution < -0.4 is 26.2 Å². The summed E-state index contributed by atoms with van der Waals surface area (Å²) >= 11 is 0. The number of nitrogens with one attached hydrogen (secondary N) is 4. The fraction of sp³-hybridized carbons (Fsp3) is 0.154. The number of nitro groups is 2. The quantitative estimate of drug-likeness (QED) is 0.0405. The molecule has 0 unspecified atom stereocenters. The van der Waals surface area contributed by atoms with Crippen LogP contribution in [0.3, 0.4) is 0 Å². The van der Waals surface area contributed by atoms with Crippen molar-refractivity contribution in [2.24, 2.45) is 0 Å². The van der Waals surface area contributed by atoms with Crippen molar-refractivity contribution in [2.45, 2.75) is 0 Å².